The first-order chi connectivity index (χ1) is 12.8. The summed E-state index contributed by atoms with van der Waals surface area (Å²) in [5, 5.41) is 0. The predicted octanol–water partition coefficient (Wildman–Crippen LogP) is 2.74. The maximum Gasteiger partial charge on any atom is 0.223 e. The second kappa shape index (κ2) is 7.68. The molecule has 4 rings (SSSR count). The molecule has 2 aliphatic heterocycles. The van der Waals surface area contributed by atoms with E-state index in [4.69, 9.17) is 9.47 Å². The van der Waals surface area contributed by atoms with E-state index in [1.807, 2.05) is 35.2 Å². The van der Waals surface area contributed by atoms with Crippen LogP contribution in [-0.4, -0.2) is 50.2 Å². The van der Waals surface area contributed by atoms with Crippen molar-refractivity contribution in [2.45, 2.75) is 12.8 Å². The molecule has 0 unspecified atom stereocenters. The first kappa shape index (κ1) is 16.8. The Bertz CT molecular complexity index is 755. The van der Waals surface area contributed by atoms with Crippen LogP contribution in [0.15, 0.2) is 48.5 Å². The van der Waals surface area contributed by atoms with Gasteiger partial charge < -0.3 is 19.3 Å². The average molecular weight is 352 g/mol. The summed E-state index contributed by atoms with van der Waals surface area (Å²) in [6, 6.07) is 16.3. The molecule has 136 valence electrons. The fraction of sp³-hybridized carbons (Fsp3) is 0.381. The molecule has 0 spiro atoms. The monoisotopic (exact) mass is 352 g/mol. The molecular formula is C21H24N2O3. The number of hydrogen-bond acceptors (Lipinski definition) is 4. The summed E-state index contributed by atoms with van der Waals surface area (Å²) >= 11 is 0. The minimum Gasteiger partial charge on any atom is -0.486 e. The van der Waals surface area contributed by atoms with E-state index < -0.39 is 0 Å². The lowest BCUT2D eigenvalue weighted by atomic mass is 10.1. The van der Waals surface area contributed by atoms with Crippen molar-refractivity contribution in [2.24, 2.45) is 0 Å². The molecule has 2 aliphatic rings. The van der Waals surface area contributed by atoms with E-state index in [0.29, 0.717) is 19.6 Å². The van der Waals surface area contributed by atoms with Gasteiger partial charge in [-0.25, -0.2) is 0 Å². The third-order valence-corrected chi connectivity index (χ3v) is 4.99. The highest BCUT2D eigenvalue weighted by molar-refractivity contribution is 5.76. The number of ether oxygens (including phenoxy) is 2. The lowest BCUT2D eigenvalue weighted by Gasteiger charge is -2.36. The van der Waals surface area contributed by atoms with E-state index in [-0.39, 0.29) is 5.91 Å². The van der Waals surface area contributed by atoms with Gasteiger partial charge in [-0.3, -0.25) is 4.79 Å². The highest BCUT2D eigenvalue weighted by Crippen LogP contribution is 2.34. The number of aryl methyl sites for hydroxylation is 1. The Kier molecular flexibility index (Phi) is 4.95. The van der Waals surface area contributed by atoms with Gasteiger partial charge >= 0.3 is 0 Å². The maximum atomic E-state index is 12.5. The van der Waals surface area contributed by atoms with Gasteiger partial charge in [0.15, 0.2) is 11.5 Å². The van der Waals surface area contributed by atoms with Crippen LogP contribution in [0.5, 0.6) is 11.5 Å². The Balaban J connectivity index is 1.30. The normalized spacial score (nSPS) is 16.5. The summed E-state index contributed by atoms with van der Waals surface area (Å²) in [4.78, 5) is 16.8. The second-order valence-corrected chi connectivity index (χ2v) is 6.68. The zero-order chi connectivity index (χ0) is 17.8. The van der Waals surface area contributed by atoms with E-state index in [2.05, 4.69) is 23.1 Å². The summed E-state index contributed by atoms with van der Waals surface area (Å²) < 4.78 is 11.3. The Morgan fingerprint density at radius 2 is 1.62 bits per heavy atom. The number of nitrogens with zero attached hydrogens (tertiary/aromatic N) is 2. The molecule has 5 heteroatoms. The summed E-state index contributed by atoms with van der Waals surface area (Å²) in [5.74, 6) is 1.88. The van der Waals surface area contributed by atoms with Gasteiger partial charge in [-0.1, -0.05) is 30.3 Å². The van der Waals surface area contributed by atoms with Crippen LogP contribution in [0.2, 0.25) is 0 Å². The van der Waals surface area contributed by atoms with Gasteiger partial charge in [0.2, 0.25) is 5.91 Å². The number of amides is 1. The zero-order valence-corrected chi connectivity index (χ0v) is 14.9. The van der Waals surface area contributed by atoms with Crippen molar-refractivity contribution >= 4 is 11.6 Å². The lowest BCUT2D eigenvalue weighted by Crippen LogP contribution is -2.48. The third-order valence-electron chi connectivity index (χ3n) is 4.99. The van der Waals surface area contributed by atoms with Gasteiger partial charge in [0.1, 0.15) is 13.2 Å². The fourth-order valence-electron chi connectivity index (χ4n) is 3.50. The first-order valence-electron chi connectivity index (χ1n) is 9.26. The Hall–Kier alpha value is -2.69. The maximum absolute atomic E-state index is 12.5. The predicted molar refractivity (Wildman–Crippen MR) is 101 cm³/mol. The standard InChI is InChI=1S/C21H24N2O3/c24-21(9-6-17-4-2-1-3-5-17)23-12-10-22(11-13-23)18-7-8-19-20(16-18)26-15-14-25-19/h1-5,7-8,16H,6,9-15H2. The molecule has 2 heterocycles. The SMILES string of the molecule is O=C(CCc1ccccc1)N1CCN(c2ccc3c(c2)OCCO3)CC1. The molecule has 5 nitrogen and oxygen atoms in total. The minimum atomic E-state index is 0.246. The number of carbonyl (C=O) groups excluding carboxylic acids is 1. The highest BCUT2D eigenvalue weighted by Gasteiger charge is 2.22. The molecule has 0 aromatic heterocycles. The lowest BCUT2D eigenvalue weighted by molar-refractivity contribution is -0.131. The quantitative estimate of drug-likeness (QED) is 0.849. The van der Waals surface area contributed by atoms with Crippen LogP contribution in [0.3, 0.4) is 0 Å². The molecule has 0 N–H and O–H groups in total. The van der Waals surface area contributed by atoms with Crippen molar-refractivity contribution in [1.29, 1.82) is 0 Å². The topological polar surface area (TPSA) is 42.0 Å². The minimum absolute atomic E-state index is 0.246. The van der Waals surface area contributed by atoms with Crippen LogP contribution in [0.1, 0.15) is 12.0 Å². The van der Waals surface area contributed by atoms with Crippen molar-refractivity contribution in [3.8, 4) is 11.5 Å². The second-order valence-electron chi connectivity index (χ2n) is 6.68. The van der Waals surface area contributed by atoms with Gasteiger partial charge in [0.05, 0.1) is 0 Å². The van der Waals surface area contributed by atoms with E-state index in [0.717, 1.165) is 49.8 Å². The van der Waals surface area contributed by atoms with Gasteiger partial charge in [0, 0.05) is 44.4 Å². The van der Waals surface area contributed by atoms with Crippen molar-refractivity contribution in [3.63, 3.8) is 0 Å². The Labute approximate surface area is 154 Å². The van der Waals surface area contributed by atoms with E-state index in [9.17, 15) is 4.79 Å². The Morgan fingerprint density at radius 1 is 0.885 bits per heavy atom. The molecule has 1 fully saturated rings. The number of benzene rings is 2. The number of rotatable bonds is 4. The third kappa shape index (κ3) is 3.77. The van der Waals surface area contributed by atoms with Gasteiger partial charge in [-0.2, -0.15) is 0 Å². The van der Waals surface area contributed by atoms with Gasteiger partial charge in [-0.05, 0) is 24.1 Å². The van der Waals surface area contributed by atoms with E-state index in [1.165, 1.54) is 5.56 Å². The molecule has 1 saturated heterocycles. The van der Waals surface area contributed by atoms with Crippen molar-refractivity contribution < 1.29 is 14.3 Å². The van der Waals surface area contributed by atoms with Crippen molar-refractivity contribution in [1.82, 2.24) is 4.90 Å². The zero-order valence-electron chi connectivity index (χ0n) is 14.9. The number of hydrogen-bond donors (Lipinski definition) is 0. The number of carbonyl (C=O) groups is 1. The van der Waals surface area contributed by atoms with E-state index in [1.54, 1.807) is 0 Å². The highest BCUT2D eigenvalue weighted by atomic mass is 16.6. The fourth-order valence-corrected chi connectivity index (χ4v) is 3.50. The van der Waals surface area contributed by atoms with Crippen LogP contribution in [0.25, 0.3) is 0 Å². The molecule has 0 aliphatic carbocycles. The molecule has 2 aromatic rings. The molecule has 0 radical (unpaired) electrons. The summed E-state index contributed by atoms with van der Waals surface area (Å²) in [6.07, 6.45) is 1.39. The smallest absolute Gasteiger partial charge is 0.223 e. The van der Waals surface area contributed by atoms with Crippen LogP contribution < -0.4 is 14.4 Å². The summed E-state index contributed by atoms with van der Waals surface area (Å²) in [7, 11) is 0. The van der Waals surface area contributed by atoms with E-state index >= 15 is 0 Å². The van der Waals surface area contributed by atoms with Crippen molar-refractivity contribution in [2.75, 3.05) is 44.3 Å². The number of fused-ring (bicyclic) bond motifs is 1. The number of anilines is 1. The molecular weight excluding hydrogens is 328 g/mol. The van der Waals surface area contributed by atoms with Gasteiger partial charge in [-0.15, -0.1) is 0 Å². The number of piperazine rings is 1. The summed E-state index contributed by atoms with van der Waals surface area (Å²) in [6.45, 7) is 4.42. The first-order valence-corrected chi connectivity index (χ1v) is 9.26. The average Bonchev–Trinajstić information content (AvgIpc) is 2.72. The summed E-state index contributed by atoms with van der Waals surface area (Å²) in [5.41, 5.74) is 2.35. The molecule has 0 saturated carbocycles. The van der Waals surface area contributed by atoms with Gasteiger partial charge in [0.25, 0.3) is 0 Å². The van der Waals surface area contributed by atoms with Crippen LogP contribution >= 0.6 is 0 Å². The Morgan fingerprint density at radius 3 is 2.38 bits per heavy atom. The van der Waals surface area contributed by atoms with Crippen LogP contribution in [-0.2, 0) is 11.2 Å². The molecule has 2 aromatic carbocycles. The van der Waals surface area contributed by atoms with Crippen molar-refractivity contribution in [3.05, 3.63) is 54.1 Å². The molecule has 1 amide bonds. The molecule has 0 bridgehead atoms. The molecule has 26 heavy (non-hydrogen) atoms. The van der Waals surface area contributed by atoms with Crippen LogP contribution in [0.4, 0.5) is 5.69 Å². The molecule has 0 atom stereocenters. The largest absolute Gasteiger partial charge is 0.486 e. The van der Waals surface area contributed by atoms with Crippen LogP contribution in [0, 0.1) is 0 Å².